The fraction of sp³-hybridized carbons (Fsp3) is 0.474. The van der Waals surface area contributed by atoms with E-state index in [1.54, 1.807) is 24.0 Å². The van der Waals surface area contributed by atoms with E-state index in [9.17, 15) is 9.59 Å². The number of piperidine rings is 1. The number of ether oxygens (including phenoxy) is 2. The van der Waals surface area contributed by atoms with E-state index in [2.05, 4.69) is 0 Å². The van der Waals surface area contributed by atoms with E-state index >= 15 is 0 Å². The summed E-state index contributed by atoms with van der Waals surface area (Å²) < 4.78 is 10.6. The van der Waals surface area contributed by atoms with Crippen molar-refractivity contribution in [3.05, 3.63) is 35.9 Å². The van der Waals surface area contributed by atoms with Crippen LogP contribution in [0.2, 0.25) is 0 Å². The predicted octanol–water partition coefficient (Wildman–Crippen LogP) is 2.90. The zero-order chi connectivity index (χ0) is 17.4. The Hall–Kier alpha value is -2.30. The SMILES string of the molecule is CCOC(=O)[C@@H]1CCCN(C(=O)/C=C/c2ccccc2OCC)C1. The number of hydrogen-bond acceptors (Lipinski definition) is 4. The third-order valence-electron chi connectivity index (χ3n) is 3.98. The first-order valence-corrected chi connectivity index (χ1v) is 8.51. The van der Waals surface area contributed by atoms with Crippen LogP contribution in [0, 0.1) is 5.92 Å². The number of hydrogen-bond donors (Lipinski definition) is 0. The molecule has 1 aliphatic heterocycles. The van der Waals surface area contributed by atoms with Crippen LogP contribution in [-0.4, -0.2) is 43.1 Å². The van der Waals surface area contributed by atoms with E-state index in [4.69, 9.17) is 9.47 Å². The molecular formula is C19H25NO4. The van der Waals surface area contributed by atoms with Gasteiger partial charge < -0.3 is 14.4 Å². The summed E-state index contributed by atoms with van der Waals surface area (Å²) in [5.74, 6) is 0.245. The van der Waals surface area contributed by atoms with Crippen molar-refractivity contribution >= 4 is 18.0 Å². The molecule has 5 heteroatoms. The summed E-state index contributed by atoms with van der Waals surface area (Å²) >= 11 is 0. The fourth-order valence-electron chi connectivity index (χ4n) is 2.80. The molecule has 1 aromatic rings. The lowest BCUT2D eigenvalue weighted by Gasteiger charge is -2.30. The largest absolute Gasteiger partial charge is 0.493 e. The van der Waals surface area contributed by atoms with Gasteiger partial charge in [-0.05, 0) is 38.8 Å². The van der Waals surface area contributed by atoms with Crippen LogP contribution in [0.25, 0.3) is 6.08 Å². The second-order valence-electron chi connectivity index (χ2n) is 5.68. The molecule has 1 aromatic carbocycles. The van der Waals surface area contributed by atoms with Gasteiger partial charge in [-0.1, -0.05) is 18.2 Å². The van der Waals surface area contributed by atoms with Crippen molar-refractivity contribution in [2.75, 3.05) is 26.3 Å². The normalized spacial score (nSPS) is 17.8. The van der Waals surface area contributed by atoms with E-state index in [-0.39, 0.29) is 17.8 Å². The van der Waals surface area contributed by atoms with Crippen molar-refractivity contribution in [2.24, 2.45) is 5.92 Å². The first-order chi connectivity index (χ1) is 11.7. The molecule has 130 valence electrons. The Bertz CT molecular complexity index is 597. The number of rotatable bonds is 6. The summed E-state index contributed by atoms with van der Waals surface area (Å²) in [4.78, 5) is 26.0. The van der Waals surface area contributed by atoms with E-state index < -0.39 is 0 Å². The summed E-state index contributed by atoms with van der Waals surface area (Å²) in [5.41, 5.74) is 0.867. The highest BCUT2D eigenvalue weighted by atomic mass is 16.5. The van der Waals surface area contributed by atoms with Crippen molar-refractivity contribution in [2.45, 2.75) is 26.7 Å². The highest BCUT2D eigenvalue weighted by Gasteiger charge is 2.28. The second kappa shape index (κ2) is 9.11. The van der Waals surface area contributed by atoms with Gasteiger partial charge in [-0.2, -0.15) is 0 Å². The van der Waals surface area contributed by atoms with Gasteiger partial charge in [-0.3, -0.25) is 9.59 Å². The summed E-state index contributed by atoms with van der Waals surface area (Å²) in [6, 6.07) is 7.60. The molecule has 2 rings (SSSR count). The van der Waals surface area contributed by atoms with Crippen molar-refractivity contribution in [1.82, 2.24) is 4.90 Å². The van der Waals surface area contributed by atoms with Gasteiger partial charge in [-0.25, -0.2) is 0 Å². The Morgan fingerprint density at radius 1 is 1.25 bits per heavy atom. The van der Waals surface area contributed by atoms with Crippen LogP contribution in [0.1, 0.15) is 32.3 Å². The van der Waals surface area contributed by atoms with Gasteiger partial charge >= 0.3 is 5.97 Å². The minimum atomic E-state index is -0.216. The number of carbonyl (C=O) groups excluding carboxylic acids is 2. The molecule has 1 amide bonds. The maximum absolute atomic E-state index is 12.4. The van der Waals surface area contributed by atoms with Crippen LogP contribution < -0.4 is 4.74 Å². The smallest absolute Gasteiger partial charge is 0.310 e. The number of para-hydroxylation sites is 1. The second-order valence-corrected chi connectivity index (χ2v) is 5.68. The lowest BCUT2D eigenvalue weighted by Crippen LogP contribution is -2.42. The van der Waals surface area contributed by atoms with Crippen LogP contribution in [0.5, 0.6) is 5.75 Å². The van der Waals surface area contributed by atoms with Crippen LogP contribution in [0.3, 0.4) is 0 Å². The molecule has 1 atom stereocenters. The van der Waals surface area contributed by atoms with Gasteiger partial charge in [0.1, 0.15) is 5.75 Å². The van der Waals surface area contributed by atoms with Crippen molar-refractivity contribution in [1.29, 1.82) is 0 Å². The predicted molar refractivity (Wildman–Crippen MR) is 92.6 cm³/mol. The van der Waals surface area contributed by atoms with E-state index in [1.807, 2.05) is 31.2 Å². The Morgan fingerprint density at radius 3 is 2.79 bits per heavy atom. The standard InChI is InChI=1S/C19H25NO4/c1-3-23-17-10-6-5-8-15(17)11-12-18(21)20-13-7-9-16(14-20)19(22)24-4-2/h5-6,8,10-12,16H,3-4,7,9,13-14H2,1-2H3/b12-11+/t16-/m1/s1. The van der Waals surface area contributed by atoms with Gasteiger partial charge in [0.05, 0.1) is 19.1 Å². The number of benzene rings is 1. The van der Waals surface area contributed by atoms with Crippen LogP contribution in [0.4, 0.5) is 0 Å². The molecule has 0 aliphatic carbocycles. The molecule has 0 spiro atoms. The third-order valence-corrected chi connectivity index (χ3v) is 3.98. The average Bonchev–Trinajstić information content (AvgIpc) is 2.61. The maximum atomic E-state index is 12.4. The molecule has 1 heterocycles. The first-order valence-electron chi connectivity index (χ1n) is 8.51. The lowest BCUT2D eigenvalue weighted by atomic mass is 9.98. The van der Waals surface area contributed by atoms with Crippen molar-refractivity contribution in [3.8, 4) is 5.75 Å². The Kier molecular flexibility index (Phi) is 6.85. The summed E-state index contributed by atoms with van der Waals surface area (Å²) in [6.45, 7) is 5.77. The minimum absolute atomic E-state index is 0.0877. The molecular weight excluding hydrogens is 306 g/mol. The Labute approximate surface area is 143 Å². The number of nitrogens with zero attached hydrogens (tertiary/aromatic N) is 1. The number of likely N-dealkylation sites (tertiary alicyclic amines) is 1. The zero-order valence-corrected chi connectivity index (χ0v) is 14.4. The monoisotopic (exact) mass is 331 g/mol. The molecule has 0 unspecified atom stereocenters. The van der Waals surface area contributed by atoms with Gasteiger partial charge in [0.15, 0.2) is 0 Å². The Morgan fingerprint density at radius 2 is 2.04 bits per heavy atom. The van der Waals surface area contributed by atoms with E-state index in [0.29, 0.717) is 26.3 Å². The molecule has 1 fully saturated rings. The summed E-state index contributed by atoms with van der Waals surface area (Å²) in [7, 11) is 0. The van der Waals surface area contributed by atoms with E-state index in [1.165, 1.54) is 0 Å². The molecule has 5 nitrogen and oxygen atoms in total. The zero-order valence-electron chi connectivity index (χ0n) is 14.4. The van der Waals surface area contributed by atoms with Gasteiger partial charge in [0.2, 0.25) is 5.91 Å². The number of carbonyl (C=O) groups is 2. The molecule has 0 bridgehead atoms. The lowest BCUT2D eigenvalue weighted by molar-refractivity contribution is -0.150. The number of esters is 1. The van der Waals surface area contributed by atoms with E-state index in [0.717, 1.165) is 24.2 Å². The maximum Gasteiger partial charge on any atom is 0.310 e. The van der Waals surface area contributed by atoms with Crippen LogP contribution >= 0.6 is 0 Å². The van der Waals surface area contributed by atoms with Crippen LogP contribution in [0.15, 0.2) is 30.3 Å². The molecule has 1 aliphatic rings. The van der Waals surface area contributed by atoms with Gasteiger partial charge in [-0.15, -0.1) is 0 Å². The van der Waals surface area contributed by atoms with Crippen molar-refractivity contribution in [3.63, 3.8) is 0 Å². The molecule has 0 radical (unpaired) electrons. The van der Waals surface area contributed by atoms with Gasteiger partial charge in [0.25, 0.3) is 0 Å². The summed E-state index contributed by atoms with van der Waals surface area (Å²) in [5, 5.41) is 0. The molecule has 0 N–H and O–H groups in total. The first kappa shape index (κ1) is 18.0. The fourth-order valence-corrected chi connectivity index (χ4v) is 2.80. The average molecular weight is 331 g/mol. The Balaban J connectivity index is 2.00. The quantitative estimate of drug-likeness (QED) is 0.594. The molecule has 1 saturated heterocycles. The summed E-state index contributed by atoms with van der Waals surface area (Å²) in [6.07, 6.45) is 4.91. The highest BCUT2D eigenvalue weighted by Crippen LogP contribution is 2.21. The topological polar surface area (TPSA) is 55.8 Å². The molecule has 0 aromatic heterocycles. The van der Waals surface area contributed by atoms with Crippen molar-refractivity contribution < 1.29 is 19.1 Å². The number of amides is 1. The van der Waals surface area contributed by atoms with Gasteiger partial charge in [0, 0.05) is 24.7 Å². The third kappa shape index (κ3) is 4.85. The van der Waals surface area contributed by atoms with Crippen LogP contribution in [-0.2, 0) is 14.3 Å². The highest BCUT2D eigenvalue weighted by molar-refractivity contribution is 5.92. The molecule has 0 saturated carbocycles. The minimum Gasteiger partial charge on any atom is -0.493 e. The molecule has 24 heavy (non-hydrogen) atoms.